The molecule has 7 heteroatoms. The maximum absolute atomic E-state index is 12.0. The van der Waals surface area contributed by atoms with Gasteiger partial charge in [-0.25, -0.2) is 14.6 Å². The number of benzene rings is 1. The molecule has 0 fully saturated rings. The fraction of sp³-hybridized carbons (Fsp3) is 0.130. The van der Waals surface area contributed by atoms with Gasteiger partial charge in [-0.3, -0.25) is 10.3 Å². The number of rotatable bonds is 4. The summed E-state index contributed by atoms with van der Waals surface area (Å²) in [6.45, 7) is 2.28. The van der Waals surface area contributed by atoms with Crippen LogP contribution in [0.3, 0.4) is 0 Å². The third-order valence-electron chi connectivity index (χ3n) is 4.02. The van der Waals surface area contributed by atoms with Gasteiger partial charge in [0.15, 0.2) is 0 Å². The molecule has 3 rings (SSSR count). The molecule has 0 bridgehead atoms. The number of pyridine rings is 2. The molecule has 0 unspecified atom stereocenters. The first kappa shape index (κ1) is 20.6. The van der Waals surface area contributed by atoms with E-state index in [4.69, 9.17) is 4.74 Å². The van der Waals surface area contributed by atoms with Gasteiger partial charge in [-0.15, -0.1) is 0 Å². The summed E-state index contributed by atoms with van der Waals surface area (Å²) in [7, 11) is 1.30. The van der Waals surface area contributed by atoms with E-state index < -0.39 is 12.0 Å². The predicted octanol–water partition coefficient (Wildman–Crippen LogP) is 3.47. The molecule has 150 valence electrons. The number of esters is 1. The molecule has 30 heavy (non-hydrogen) atoms. The molecule has 2 aromatic heterocycles. The lowest BCUT2D eigenvalue weighted by Crippen LogP contribution is -2.28. The highest BCUT2D eigenvalue weighted by atomic mass is 16.5. The van der Waals surface area contributed by atoms with Gasteiger partial charge in [-0.1, -0.05) is 24.0 Å². The number of methoxy groups -OCH3 is 1. The number of amides is 2. The summed E-state index contributed by atoms with van der Waals surface area (Å²) in [4.78, 5) is 32.4. The van der Waals surface area contributed by atoms with Crippen molar-refractivity contribution >= 4 is 17.8 Å². The smallest absolute Gasteiger partial charge is 0.338 e. The zero-order valence-electron chi connectivity index (χ0n) is 16.6. The molecule has 1 aromatic carbocycles. The third-order valence-corrected chi connectivity index (χ3v) is 4.02. The van der Waals surface area contributed by atoms with Gasteiger partial charge < -0.3 is 10.1 Å². The Hall–Kier alpha value is -4.18. The van der Waals surface area contributed by atoms with Crippen LogP contribution in [0.5, 0.6) is 0 Å². The number of aromatic nitrogens is 2. The van der Waals surface area contributed by atoms with Gasteiger partial charge in [0.1, 0.15) is 5.82 Å². The van der Waals surface area contributed by atoms with E-state index in [1.807, 2.05) is 43.3 Å². The molecule has 0 aliphatic rings. The minimum Gasteiger partial charge on any atom is -0.465 e. The fourth-order valence-corrected chi connectivity index (χ4v) is 2.60. The number of carbonyl (C=O) groups excluding carboxylic acids is 2. The number of nitrogens with zero attached hydrogens (tertiary/aromatic N) is 2. The van der Waals surface area contributed by atoms with Crippen molar-refractivity contribution in [3.63, 3.8) is 0 Å². The van der Waals surface area contributed by atoms with Gasteiger partial charge in [0, 0.05) is 35.6 Å². The molecule has 0 aliphatic heterocycles. The fourth-order valence-electron chi connectivity index (χ4n) is 2.60. The van der Waals surface area contributed by atoms with Crippen LogP contribution in [0.4, 0.5) is 10.6 Å². The van der Waals surface area contributed by atoms with Crippen LogP contribution < -0.4 is 10.6 Å². The molecule has 0 atom stereocenters. The Morgan fingerprint density at radius 1 is 1.07 bits per heavy atom. The van der Waals surface area contributed by atoms with Gasteiger partial charge >= 0.3 is 12.0 Å². The molecule has 0 saturated heterocycles. The third kappa shape index (κ3) is 5.42. The number of anilines is 1. The summed E-state index contributed by atoms with van der Waals surface area (Å²) in [5, 5.41) is 5.25. The summed E-state index contributed by atoms with van der Waals surface area (Å²) in [6, 6.07) is 13.8. The molecule has 2 amide bonds. The first-order valence-corrected chi connectivity index (χ1v) is 9.26. The van der Waals surface area contributed by atoms with E-state index in [1.54, 1.807) is 18.5 Å². The second-order valence-corrected chi connectivity index (χ2v) is 6.17. The lowest BCUT2D eigenvalue weighted by molar-refractivity contribution is 0.0600. The Kier molecular flexibility index (Phi) is 6.74. The van der Waals surface area contributed by atoms with Crippen molar-refractivity contribution in [1.82, 2.24) is 15.3 Å². The molecule has 3 aromatic rings. The van der Waals surface area contributed by atoms with Crippen LogP contribution in [0.1, 0.15) is 28.4 Å². The van der Waals surface area contributed by atoms with Crippen molar-refractivity contribution in [2.45, 2.75) is 6.92 Å². The quantitative estimate of drug-likeness (QED) is 0.517. The van der Waals surface area contributed by atoms with Gasteiger partial charge in [0.25, 0.3) is 0 Å². The molecular formula is C23H20N4O3. The number of ether oxygens (including phenoxy) is 1. The number of nitrogens with one attached hydrogen (secondary N) is 2. The zero-order chi connectivity index (χ0) is 21.3. The van der Waals surface area contributed by atoms with Crippen LogP contribution in [0, 0.1) is 11.8 Å². The van der Waals surface area contributed by atoms with Crippen molar-refractivity contribution in [3.05, 3.63) is 77.6 Å². The topological polar surface area (TPSA) is 93.2 Å². The van der Waals surface area contributed by atoms with Crippen LogP contribution in [0.25, 0.3) is 11.3 Å². The second kappa shape index (κ2) is 9.85. The SMILES string of the molecule is CCNC(=O)Nc1cc(C(=O)OC)cc(-c2ccc(C#Cc3cccnc3)cc2)n1. The standard InChI is InChI=1S/C23H20N4O3/c1-3-25-23(29)27-21-14-19(22(28)30-2)13-20(26-21)18-10-8-16(9-11-18)6-7-17-5-4-12-24-15-17/h4-5,8-15H,3H2,1-2H3,(H2,25,26,27,29). The van der Waals surface area contributed by atoms with E-state index in [1.165, 1.54) is 13.2 Å². The highest BCUT2D eigenvalue weighted by molar-refractivity contribution is 5.94. The molecule has 2 N–H and O–H groups in total. The normalized spacial score (nSPS) is 9.80. The van der Waals surface area contributed by atoms with Crippen LogP contribution in [0.2, 0.25) is 0 Å². The summed E-state index contributed by atoms with van der Waals surface area (Å²) in [5.74, 6) is 5.86. The minimum absolute atomic E-state index is 0.249. The molecule has 0 aliphatic carbocycles. The number of hydrogen-bond donors (Lipinski definition) is 2. The van der Waals surface area contributed by atoms with Crippen molar-refractivity contribution in [3.8, 4) is 23.1 Å². The van der Waals surface area contributed by atoms with Gasteiger partial charge in [-0.05, 0) is 43.3 Å². The van der Waals surface area contributed by atoms with E-state index in [9.17, 15) is 9.59 Å². The van der Waals surface area contributed by atoms with E-state index in [0.29, 0.717) is 12.2 Å². The Morgan fingerprint density at radius 3 is 2.50 bits per heavy atom. The van der Waals surface area contributed by atoms with E-state index >= 15 is 0 Å². The van der Waals surface area contributed by atoms with Crippen LogP contribution >= 0.6 is 0 Å². The highest BCUT2D eigenvalue weighted by Gasteiger charge is 2.13. The minimum atomic E-state index is -0.517. The Bertz CT molecular complexity index is 1100. The predicted molar refractivity (Wildman–Crippen MR) is 114 cm³/mol. The maximum Gasteiger partial charge on any atom is 0.338 e. The van der Waals surface area contributed by atoms with Gasteiger partial charge in [0.05, 0.1) is 18.4 Å². The molecule has 0 radical (unpaired) electrons. The van der Waals surface area contributed by atoms with Crippen LogP contribution in [-0.4, -0.2) is 35.6 Å². The molecular weight excluding hydrogens is 380 g/mol. The lowest BCUT2D eigenvalue weighted by atomic mass is 10.1. The first-order chi connectivity index (χ1) is 14.6. The highest BCUT2D eigenvalue weighted by Crippen LogP contribution is 2.22. The zero-order valence-corrected chi connectivity index (χ0v) is 16.6. The van der Waals surface area contributed by atoms with Crippen molar-refractivity contribution in [1.29, 1.82) is 0 Å². The molecule has 0 spiro atoms. The number of urea groups is 1. The van der Waals surface area contributed by atoms with E-state index in [2.05, 4.69) is 32.4 Å². The average molecular weight is 400 g/mol. The van der Waals surface area contributed by atoms with Crippen LogP contribution in [-0.2, 0) is 4.74 Å². The maximum atomic E-state index is 12.0. The summed E-state index contributed by atoms with van der Waals surface area (Å²) in [5.41, 5.74) is 3.24. The van der Waals surface area contributed by atoms with Gasteiger partial charge in [0.2, 0.25) is 0 Å². The monoisotopic (exact) mass is 400 g/mol. The Balaban J connectivity index is 1.89. The lowest BCUT2D eigenvalue weighted by Gasteiger charge is -2.10. The molecule has 7 nitrogen and oxygen atoms in total. The van der Waals surface area contributed by atoms with Gasteiger partial charge in [-0.2, -0.15) is 0 Å². The van der Waals surface area contributed by atoms with Crippen molar-refractivity contribution in [2.75, 3.05) is 19.0 Å². The van der Waals surface area contributed by atoms with E-state index in [0.717, 1.165) is 16.7 Å². The Morgan fingerprint density at radius 2 is 1.83 bits per heavy atom. The largest absolute Gasteiger partial charge is 0.465 e. The Labute approximate surface area is 174 Å². The van der Waals surface area contributed by atoms with Crippen molar-refractivity contribution in [2.24, 2.45) is 0 Å². The summed E-state index contributed by atoms with van der Waals surface area (Å²) >= 11 is 0. The molecule has 2 heterocycles. The molecule has 0 saturated carbocycles. The van der Waals surface area contributed by atoms with Crippen molar-refractivity contribution < 1.29 is 14.3 Å². The second-order valence-electron chi connectivity index (χ2n) is 6.17. The van der Waals surface area contributed by atoms with Crippen LogP contribution in [0.15, 0.2) is 60.9 Å². The summed E-state index contributed by atoms with van der Waals surface area (Å²) in [6.07, 6.45) is 3.40. The van der Waals surface area contributed by atoms with E-state index in [-0.39, 0.29) is 11.4 Å². The number of hydrogen-bond acceptors (Lipinski definition) is 5. The summed E-state index contributed by atoms with van der Waals surface area (Å²) < 4.78 is 4.81. The average Bonchev–Trinajstić information content (AvgIpc) is 2.78. The first-order valence-electron chi connectivity index (χ1n) is 9.26. The number of carbonyl (C=O) groups is 2.